The van der Waals surface area contributed by atoms with Gasteiger partial charge in [0.15, 0.2) is 5.70 Å². The Morgan fingerprint density at radius 2 is 1.77 bits per heavy atom. The molecule has 5 heteroatoms. The number of hydrogen-bond acceptors (Lipinski definition) is 5. The SMILES string of the molecule is CCN(CC)c1ccc(/C=C2\N=C(c3ccccc3OC)OC2=O)cc1. The van der Waals surface area contributed by atoms with Gasteiger partial charge in [-0.2, -0.15) is 0 Å². The largest absolute Gasteiger partial charge is 0.496 e. The predicted molar refractivity (Wildman–Crippen MR) is 104 cm³/mol. The van der Waals surface area contributed by atoms with Gasteiger partial charge in [0.1, 0.15) is 5.75 Å². The fraction of sp³-hybridized carbons (Fsp3) is 0.238. The van der Waals surface area contributed by atoms with E-state index in [1.807, 2.05) is 42.5 Å². The molecule has 0 saturated heterocycles. The molecule has 3 rings (SSSR count). The fourth-order valence-electron chi connectivity index (χ4n) is 2.87. The van der Waals surface area contributed by atoms with Crippen LogP contribution in [-0.2, 0) is 9.53 Å². The molecule has 0 radical (unpaired) electrons. The first kappa shape index (κ1) is 17.7. The van der Waals surface area contributed by atoms with Crippen molar-refractivity contribution >= 4 is 23.6 Å². The van der Waals surface area contributed by atoms with Crippen molar-refractivity contribution in [1.82, 2.24) is 0 Å². The summed E-state index contributed by atoms with van der Waals surface area (Å²) in [5.41, 5.74) is 2.99. The monoisotopic (exact) mass is 350 g/mol. The van der Waals surface area contributed by atoms with Crippen LogP contribution in [0.25, 0.3) is 6.08 Å². The fourth-order valence-corrected chi connectivity index (χ4v) is 2.87. The topological polar surface area (TPSA) is 51.1 Å². The highest BCUT2D eigenvalue weighted by atomic mass is 16.6. The van der Waals surface area contributed by atoms with Gasteiger partial charge in [0, 0.05) is 18.8 Å². The molecule has 0 unspecified atom stereocenters. The van der Waals surface area contributed by atoms with Crippen molar-refractivity contribution in [1.29, 1.82) is 0 Å². The standard InChI is InChI=1S/C21H22N2O3/c1-4-23(5-2)16-12-10-15(11-13-16)14-18-21(24)26-20(22-18)17-8-6-7-9-19(17)25-3/h6-14H,4-5H2,1-3H3/b18-14-. The quantitative estimate of drug-likeness (QED) is 0.586. The second-order valence-electron chi connectivity index (χ2n) is 5.80. The number of carbonyl (C=O) groups excluding carboxylic acids is 1. The summed E-state index contributed by atoms with van der Waals surface area (Å²) in [5, 5.41) is 0. The first-order chi connectivity index (χ1) is 12.7. The summed E-state index contributed by atoms with van der Waals surface area (Å²) >= 11 is 0. The van der Waals surface area contributed by atoms with E-state index in [0.717, 1.165) is 24.3 Å². The van der Waals surface area contributed by atoms with E-state index in [-0.39, 0.29) is 11.6 Å². The maximum Gasteiger partial charge on any atom is 0.363 e. The van der Waals surface area contributed by atoms with Crippen molar-refractivity contribution in [3.63, 3.8) is 0 Å². The molecule has 1 aliphatic heterocycles. The average molecular weight is 350 g/mol. The summed E-state index contributed by atoms with van der Waals surface area (Å²) in [6.07, 6.45) is 1.73. The third-order valence-corrected chi connectivity index (χ3v) is 4.28. The van der Waals surface area contributed by atoms with E-state index in [1.54, 1.807) is 19.3 Å². The second-order valence-corrected chi connectivity index (χ2v) is 5.80. The van der Waals surface area contributed by atoms with Gasteiger partial charge >= 0.3 is 5.97 Å². The highest BCUT2D eigenvalue weighted by molar-refractivity contribution is 6.13. The molecule has 0 fully saturated rings. The number of methoxy groups -OCH3 is 1. The van der Waals surface area contributed by atoms with Crippen LogP contribution in [0, 0.1) is 0 Å². The Bertz CT molecular complexity index is 850. The summed E-state index contributed by atoms with van der Waals surface area (Å²) in [5.74, 6) is 0.418. The molecule has 1 aliphatic rings. The van der Waals surface area contributed by atoms with Gasteiger partial charge in [0.25, 0.3) is 0 Å². The predicted octanol–water partition coefficient (Wildman–Crippen LogP) is 3.89. The summed E-state index contributed by atoms with van der Waals surface area (Å²) < 4.78 is 10.6. The molecule has 0 N–H and O–H groups in total. The van der Waals surface area contributed by atoms with E-state index < -0.39 is 5.97 Å². The van der Waals surface area contributed by atoms with Crippen LogP contribution in [-0.4, -0.2) is 32.1 Å². The number of esters is 1. The molecule has 1 heterocycles. The zero-order valence-electron chi connectivity index (χ0n) is 15.2. The smallest absolute Gasteiger partial charge is 0.363 e. The summed E-state index contributed by atoms with van der Waals surface area (Å²) in [4.78, 5) is 18.8. The van der Waals surface area contributed by atoms with Crippen LogP contribution in [0.5, 0.6) is 5.75 Å². The van der Waals surface area contributed by atoms with Gasteiger partial charge in [0.2, 0.25) is 5.90 Å². The minimum absolute atomic E-state index is 0.262. The van der Waals surface area contributed by atoms with Crippen LogP contribution in [0.15, 0.2) is 59.2 Å². The zero-order valence-corrected chi connectivity index (χ0v) is 15.2. The van der Waals surface area contributed by atoms with Crippen molar-refractivity contribution in [2.45, 2.75) is 13.8 Å². The third kappa shape index (κ3) is 3.61. The molecule has 0 bridgehead atoms. The van der Waals surface area contributed by atoms with Crippen LogP contribution < -0.4 is 9.64 Å². The number of aliphatic imine (C=N–C) groups is 1. The number of nitrogens with zero attached hydrogens (tertiary/aromatic N) is 2. The second kappa shape index (κ2) is 7.87. The Morgan fingerprint density at radius 1 is 1.08 bits per heavy atom. The normalized spacial score (nSPS) is 15.0. The molecule has 0 saturated carbocycles. The number of para-hydroxylation sites is 1. The molecule has 0 atom stereocenters. The summed E-state index contributed by atoms with van der Waals surface area (Å²) in [6, 6.07) is 15.4. The lowest BCUT2D eigenvalue weighted by molar-refractivity contribution is -0.129. The van der Waals surface area contributed by atoms with Crippen molar-refractivity contribution in [2.75, 3.05) is 25.1 Å². The molecule has 5 nitrogen and oxygen atoms in total. The molecule has 26 heavy (non-hydrogen) atoms. The molecule has 0 aliphatic carbocycles. The third-order valence-electron chi connectivity index (χ3n) is 4.28. The first-order valence-corrected chi connectivity index (χ1v) is 8.67. The van der Waals surface area contributed by atoms with Crippen molar-refractivity contribution in [2.24, 2.45) is 4.99 Å². The number of cyclic esters (lactones) is 1. The zero-order chi connectivity index (χ0) is 18.5. The lowest BCUT2D eigenvalue weighted by Crippen LogP contribution is -2.21. The number of ether oxygens (including phenoxy) is 2. The summed E-state index contributed by atoms with van der Waals surface area (Å²) in [6.45, 7) is 6.16. The Hall–Kier alpha value is -3.08. The van der Waals surface area contributed by atoms with Gasteiger partial charge < -0.3 is 14.4 Å². The number of benzene rings is 2. The van der Waals surface area contributed by atoms with Crippen molar-refractivity contribution in [3.8, 4) is 5.75 Å². The van der Waals surface area contributed by atoms with Gasteiger partial charge in [-0.05, 0) is 49.8 Å². The molecule has 2 aromatic carbocycles. The maximum atomic E-state index is 12.2. The minimum atomic E-state index is -0.460. The number of hydrogen-bond donors (Lipinski definition) is 0. The van der Waals surface area contributed by atoms with E-state index in [0.29, 0.717) is 11.3 Å². The van der Waals surface area contributed by atoms with Crippen LogP contribution in [0.3, 0.4) is 0 Å². The highest BCUT2D eigenvalue weighted by Crippen LogP contribution is 2.25. The van der Waals surface area contributed by atoms with Gasteiger partial charge in [0.05, 0.1) is 12.7 Å². The first-order valence-electron chi connectivity index (χ1n) is 8.67. The molecule has 0 spiro atoms. The Labute approximate surface area is 153 Å². The number of anilines is 1. The van der Waals surface area contributed by atoms with Gasteiger partial charge in [-0.15, -0.1) is 0 Å². The minimum Gasteiger partial charge on any atom is -0.496 e. The van der Waals surface area contributed by atoms with Crippen LogP contribution >= 0.6 is 0 Å². The molecule has 0 amide bonds. The molecular weight excluding hydrogens is 328 g/mol. The molecule has 2 aromatic rings. The van der Waals surface area contributed by atoms with Crippen molar-refractivity contribution < 1.29 is 14.3 Å². The lowest BCUT2D eigenvalue weighted by atomic mass is 10.1. The molecule has 0 aromatic heterocycles. The van der Waals surface area contributed by atoms with Gasteiger partial charge in [-0.25, -0.2) is 9.79 Å². The average Bonchev–Trinajstić information content (AvgIpc) is 3.04. The van der Waals surface area contributed by atoms with Crippen molar-refractivity contribution in [3.05, 3.63) is 65.4 Å². The van der Waals surface area contributed by atoms with Crippen LogP contribution in [0.2, 0.25) is 0 Å². The van der Waals surface area contributed by atoms with Gasteiger partial charge in [-0.1, -0.05) is 24.3 Å². The van der Waals surface area contributed by atoms with Gasteiger partial charge in [-0.3, -0.25) is 0 Å². The number of rotatable bonds is 6. The summed E-state index contributed by atoms with van der Waals surface area (Å²) in [7, 11) is 1.57. The molecular formula is C21H22N2O3. The van der Waals surface area contributed by atoms with Crippen LogP contribution in [0.4, 0.5) is 5.69 Å². The maximum absolute atomic E-state index is 12.2. The number of carbonyl (C=O) groups is 1. The van der Waals surface area contributed by atoms with E-state index in [1.165, 1.54) is 0 Å². The highest BCUT2D eigenvalue weighted by Gasteiger charge is 2.26. The Kier molecular flexibility index (Phi) is 5.37. The van der Waals surface area contributed by atoms with E-state index in [2.05, 4.69) is 23.7 Å². The lowest BCUT2D eigenvalue weighted by Gasteiger charge is -2.20. The Balaban J connectivity index is 1.87. The Morgan fingerprint density at radius 3 is 2.42 bits per heavy atom. The van der Waals surface area contributed by atoms with E-state index >= 15 is 0 Å². The van der Waals surface area contributed by atoms with Crippen LogP contribution in [0.1, 0.15) is 25.0 Å². The van der Waals surface area contributed by atoms with E-state index in [9.17, 15) is 4.79 Å². The molecule has 134 valence electrons. The van der Waals surface area contributed by atoms with E-state index in [4.69, 9.17) is 9.47 Å².